The zero-order chi connectivity index (χ0) is 15.5. The third kappa shape index (κ3) is 3.50. The fourth-order valence-corrected chi connectivity index (χ4v) is 3.32. The predicted molar refractivity (Wildman–Crippen MR) is 89.3 cm³/mol. The maximum absolute atomic E-state index is 12.6. The molecule has 22 heavy (non-hydrogen) atoms. The minimum atomic E-state index is 0.0820. The molecule has 3 rings (SSSR count). The quantitative estimate of drug-likeness (QED) is 0.808. The van der Waals surface area contributed by atoms with Gasteiger partial charge in [0.15, 0.2) is 6.61 Å². The van der Waals surface area contributed by atoms with E-state index in [0.717, 1.165) is 29.7 Å². The summed E-state index contributed by atoms with van der Waals surface area (Å²) in [4.78, 5) is 15.8. The van der Waals surface area contributed by atoms with E-state index >= 15 is 0 Å². The number of rotatable bonds is 6. The first-order valence-electron chi connectivity index (χ1n) is 7.66. The van der Waals surface area contributed by atoms with E-state index in [1.165, 1.54) is 4.88 Å². The molecule has 0 aliphatic heterocycles. The van der Waals surface area contributed by atoms with Gasteiger partial charge in [0.1, 0.15) is 5.75 Å². The molecule has 1 aliphatic carbocycles. The van der Waals surface area contributed by atoms with Crippen LogP contribution in [0.4, 0.5) is 0 Å². The Morgan fingerprint density at radius 3 is 2.55 bits per heavy atom. The largest absolute Gasteiger partial charge is 0.483 e. The summed E-state index contributed by atoms with van der Waals surface area (Å²) in [5.74, 6) is 0.918. The lowest BCUT2D eigenvalue weighted by Gasteiger charge is -2.22. The number of aryl methyl sites for hydroxylation is 2. The Morgan fingerprint density at radius 2 is 1.95 bits per heavy atom. The van der Waals surface area contributed by atoms with Crippen molar-refractivity contribution in [1.82, 2.24) is 4.90 Å². The number of hydrogen-bond donors (Lipinski definition) is 0. The highest BCUT2D eigenvalue weighted by molar-refractivity contribution is 7.09. The van der Waals surface area contributed by atoms with Crippen molar-refractivity contribution in [3.05, 3.63) is 51.7 Å². The second-order valence-corrected chi connectivity index (χ2v) is 6.87. The molecule has 116 valence electrons. The second-order valence-electron chi connectivity index (χ2n) is 5.84. The lowest BCUT2D eigenvalue weighted by atomic mass is 10.1. The number of hydrogen-bond acceptors (Lipinski definition) is 3. The fraction of sp³-hybridized carbons (Fsp3) is 0.389. The van der Waals surface area contributed by atoms with Crippen molar-refractivity contribution in [2.24, 2.45) is 0 Å². The molecular formula is C18H21NO2S. The van der Waals surface area contributed by atoms with E-state index in [0.29, 0.717) is 12.6 Å². The first-order chi connectivity index (χ1) is 10.6. The Balaban J connectivity index is 1.64. The van der Waals surface area contributed by atoms with Crippen molar-refractivity contribution < 1.29 is 9.53 Å². The summed E-state index contributed by atoms with van der Waals surface area (Å²) >= 11 is 1.70. The van der Waals surface area contributed by atoms with Gasteiger partial charge in [-0.2, -0.15) is 0 Å². The van der Waals surface area contributed by atoms with Gasteiger partial charge < -0.3 is 9.64 Å². The van der Waals surface area contributed by atoms with E-state index in [1.807, 2.05) is 43.0 Å². The van der Waals surface area contributed by atoms with Crippen molar-refractivity contribution in [1.29, 1.82) is 0 Å². The van der Waals surface area contributed by atoms with E-state index in [1.54, 1.807) is 11.3 Å². The molecule has 0 saturated heterocycles. The smallest absolute Gasteiger partial charge is 0.261 e. The molecule has 0 bridgehead atoms. The topological polar surface area (TPSA) is 29.5 Å². The molecule has 1 aromatic heterocycles. The molecule has 3 nitrogen and oxygen atoms in total. The van der Waals surface area contributed by atoms with E-state index < -0.39 is 0 Å². The van der Waals surface area contributed by atoms with Gasteiger partial charge in [-0.25, -0.2) is 0 Å². The first-order valence-corrected chi connectivity index (χ1v) is 8.54. The van der Waals surface area contributed by atoms with Crippen LogP contribution in [0.15, 0.2) is 35.7 Å². The zero-order valence-corrected chi connectivity index (χ0v) is 13.9. The summed E-state index contributed by atoms with van der Waals surface area (Å²) in [6, 6.07) is 10.5. The number of carbonyl (C=O) groups excluding carboxylic acids is 1. The second kappa shape index (κ2) is 6.53. The number of ether oxygens (including phenoxy) is 1. The summed E-state index contributed by atoms with van der Waals surface area (Å²) in [5, 5.41) is 2.05. The maximum atomic E-state index is 12.6. The Morgan fingerprint density at radius 1 is 1.23 bits per heavy atom. The molecule has 0 spiro atoms. The van der Waals surface area contributed by atoms with Gasteiger partial charge in [0.05, 0.1) is 6.54 Å². The van der Waals surface area contributed by atoms with Crippen LogP contribution >= 0.6 is 11.3 Å². The molecule has 0 radical (unpaired) electrons. The summed E-state index contributed by atoms with van der Waals surface area (Å²) in [7, 11) is 0. The Bertz CT molecular complexity index is 627. The van der Waals surface area contributed by atoms with Crippen LogP contribution in [0.5, 0.6) is 5.75 Å². The molecule has 1 fully saturated rings. The molecule has 1 saturated carbocycles. The van der Waals surface area contributed by atoms with Crippen LogP contribution in [0.25, 0.3) is 0 Å². The number of thiophene rings is 1. The number of carbonyl (C=O) groups is 1. The van der Waals surface area contributed by atoms with Crippen LogP contribution in [0.3, 0.4) is 0 Å². The van der Waals surface area contributed by atoms with Gasteiger partial charge in [0.25, 0.3) is 5.91 Å². The van der Waals surface area contributed by atoms with Crippen molar-refractivity contribution in [2.45, 2.75) is 39.3 Å². The highest BCUT2D eigenvalue weighted by atomic mass is 32.1. The van der Waals surface area contributed by atoms with Crippen LogP contribution in [0.2, 0.25) is 0 Å². The van der Waals surface area contributed by atoms with Gasteiger partial charge in [0, 0.05) is 10.9 Å². The predicted octanol–water partition coefficient (Wildman–Crippen LogP) is 3.93. The van der Waals surface area contributed by atoms with Crippen molar-refractivity contribution >= 4 is 17.2 Å². The number of amides is 1. The van der Waals surface area contributed by atoms with Crippen molar-refractivity contribution in [3.8, 4) is 5.75 Å². The Hall–Kier alpha value is -1.81. The average Bonchev–Trinajstić information content (AvgIpc) is 3.20. The van der Waals surface area contributed by atoms with Gasteiger partial charge in [-0.1, -0.05) is 24.3 Å². The maximum Gasteiger partial charge on any atom is 0.261 e. The lowest BCUT2D eigenvalue weighted by Crippen LogP contribution is -2.36. The van der Waals surface area contributed by atoms with Crippen LogP contribution in [0.1, 0.15) is 28.8 Å². The molecule has 0 atom stereocenters. The van der Waals surface area contributed by atoms with Gasteiger partial charge in [0.2, 0.25) is 0 Å². The molecule has 0 unspecified atom stereocenters. The van der Waals surface area contributed by atoms with Crippen LogP contribution in [0, 0.1) is 13.8 Å². The summed E-state index contributed by atoms with van der Waals surface area (Å²) in [6.07, 6.45) is 2.22. The summed E-state index contributed by atoms with van der Waals surface area (Å²) in [5.41, 5.74) is 2.15. The molecule has 0 N–H and O–H groups in total. The highest BCUT2D eigenvalue weighted by Gasteiger charge is 2.32. The molecular weight excluding hydrogens is 294 g/mol. The van der Waals surface area contributed by atoms with Crippen LogP contribution < -0.4 is 4.74 Å². The van der Waals surface area contributed by atoms with Crippen molar-refractivity contribution in [3.63, 3.8) is 0 Å². The molecule has 1 aliphatic rings. The fourth-order valence-electron chi connectivity index (χ4n) is 2.62. The minimum absolute atomic E-state index is 0.0820. The highest BCUT2D eigenvalue weighted by Crippen LogP contribution is 2.30. The molecule has 4 heteroatoms. The standard InChI is InChI=1S/C18H21NO2S/c1-13-5-3-6-14(2)18(13)21-12-17(20)19(15-8-9-15)11-16-7-4-10-22-16/h3-7,10,15H,8-9,11-12H2,1-2H3. The number of nitrogens with zero attached hydrogens (tertiary/aromatic N) is 1. The minimum Gasteiger partial charge on any atom is -0.483 e. The number of benzene rings is 1. The zero-order valence-electron chi connectivity index (χ0n) is 13.0. The Labute approximate surface area is 135 Å². The van der Waals surface area contributed by atoms with Crippen molar-refractivity contribution in [2.75, 3.05) is 6.61 Å². The van der Waals surface area contributed by atoms with E-state index in [2.05, 4.69) is 11.4 Å². The summed E-state index contributed by atoms with van der Waals surface area (Å²) < 4.78 is 5.82. The average molecular weight is 315 g/mol. The van der Waals surface area contributed by atoms with Gasteiger partial charge >= 0.3 is 0 Å². The molecule has 1 heterocycles. The summed E-state index contributed by atoms with van der Waals surface area (Å²) in [6.45, 7) is 4.85. The van der Waals surface area contributed by atoms with E-state index in [-0.39, 0.29) is 12.5 Å². The third-order valence-corrected chi connectivity index (χ3v) is 4.82. The van der Waals surface area contributed by atoms with E-state index in [4.69, 9.17) is 4.74 Å². The normalized spacial score (nSPS) is 13.9. The van der Waals surface area contributed by atoms with Gasteiger partial charge in [-0.3, -0.25) is 4.79 Å². The molecule has 2 aromatic rings. The van der Waals surface area contributed by atoms with E-state index in [9.17, 15) is 4.79 Å². The van der Waals surface area contributed by atoms with Crippen LogP contribution in [-0.2, 0) is 11.3 Å². The third-order valence-electron chi connectivity index (χ3n) is 3.96. The SMILES string of the molecule is Cc1cccc(C)c1OCC(=O)N(Cc1cccs1)C1CC1. The number of para-hydroxylation sites is 1. The molecule has 1 amide bonds. The van der Waals surface area contributed by atoms with Crippen LogP contribution in [-0.4, -0.2) is 23.5 Å². The molecule has 1 aromatic carbocycles. The monoisotopic (exact) mass is 315 g/mol. The lowest BCUT2D eigenvalue weighted by molar-refractivity contribution is -0.134. The van der Waals surface area contributed by atoms with Gasteiger partial charge in [-0.15, -0.1) is 11.3 Å². The Kier molecular flexibility index (Phi) is 4.48. The van der Waals surface area contributed by atoms with Gasteiger partial charge in [-0.05, 0) is 49.3 Å². The first kappa shape index (κ1) is 15.1.